The fourth-order valence-electron chi connectivity index (χ4n) is 1.71. The largest absolute Gasteiger partial charge is 0.312 e. The first kappa shape index (κ1) is 16.6. The van der Waals surface area contributed by atoms with Crippen LogP contribution in [-0.2, 0) is 9.84 Å². The maximum Gasteiger partial charge on any atom is 0.287 e. The summed E-state index contributed by atoms with van der Waals surface area (Å²) in [5.74, 6) is -0.110. The first-order valence-corrected chi connectivity index (χ1v) is 8.00. The Bertz CT molecular complexity index is 576. The Hall–Kier alpha value is -1.47. The van der Waals surface area contributed by atoms with Crippen molar-refractivity contribution < 1.29 is 13.3 Å². The van der Waals surface area contributed by atoms with Gasteiger partial charge in [0.1, 0.15) is 4.90 Å². The summed E-state index contributed by atoms with van der Waals surface area (Å²) in [6, 6.07) is 5.44. The molecule has 0 aliphatic rings. The molecular formula is C13H20N2O4S. The van der Waals surface area contributed by atoms with Crippen LogP contribution in [0.4, 0.5) is 5.69 Å². The lowest BCUT2D eigenvalue weighted by Crippen LogP contribution is -2.37. The molecule has 0 aliphatic carbocycles. The van der Waals surface area contributed by atoms with Crippen LogP contribution in [0.5, 0.6) is 0 Å². The van der Waals surface area contributed by atoms with Gasteiger partial charge in [0.2, 0.25) is 0 Å². The number of hydrogen-bond acceptors (Lipinski definition) is 5. The summed E-state index contributed by atoms with van der Waals surface area (Å²) in [5, 5.41) is 14.0. The number of para-hydroxylation sites is 1. The summed E-state index contributed by atoms with van der Waals surface area (Å²) in [6.45, 7) is 6.51. The van der Waals surface area contributed by atoms with Gasteiger partial charge in [0, 0.05) is 11.6 Å². The van der Waals surface area contributed by atoms with E-state index in [4.69, 9.17) is 0 Å². The minimum atomic E-state index is -3.64. The highest BCUT2D eigenvalue weighted by Crippen LogP contribution is 2.24. The molecular weight excluding hydrogens is 280 g/mol. The molecule has 1 rings (SSSR count). The minimum Gasteiger partial charge on any atom is -0.312 e. The van der Waals surface area contributed by atoms with Gasteiger partial charge < -0.3 is 5.32 Å². The predicted molar refractivity (Wildman–Crippen MR) is 77.5 cm³/mol. The van der Waals surface area contributed by atoms with E-state index in [1.165, 1.54) is 24.3 Å². The third kappa shape index (κ3) is 4.90. The number of hydrogen-bond donors (Lipinski definition) is 1. The van der Waals surface area contributed by atoms with Gasteiger partial charge in [-0.05, 0) is 39.8 Å². The molecule has 0 amide bonds. The maximum atomic E-state index is 12.1. The fourth-order valence-corrected chi connectivity index (χ4v) is 3.20. The molecule has 7 heteroatoms. The van der Waals surface area contributed by atoms with Crippen LogP contribution >= 0.6 is 0 Å². The Morgan fingerprint density at radius 1 is 1.25 bits per heavy atom. The van der Waals surface area contributed by atoms with Crippen molar-refractivity contribution in [2.75, 3.05) is 12.3 Å². The van der Waals surface area contributed by atoms with Gasteiger partial charge in [0.25, 0.3) is 5.69 Å². The van der Waals surface area contributed by atoms with Gasteiger partial charge in [0.15, 0.2) is 9.84 Å². The number of benzene rings is 1. The van der Waals surface area contributed by atoms with Crippen LogP contribution in [0.15, 0.2) is 29.2 Å². The lowest BCUT2D eigenvalue weighted by molar-refractivity contribution is -0.387. The molecule has 0 saturated carbocycles. The molecule has 0 atom stereocenters. The summed E-state index contributed by atoms with van der Waals surface area (Å²) in [7, 11) is -3.64. The Balaban J connectivity index is 2.78. The molecule has 0 aromatic heterocycles. The molecule has 1 N–H and O–H groups in total. The summed E-state index contributed by atoms with van der Waals surface area (Å²) in [4.78, 5) is 9.98. The number of rotatable bonds is 6. The minimum absolute atomic E-state index is 0.0808. The van der Waals surface area contributed by atoms with Crippen molar-refractivity contribution in [1.29, 1.82) is 0 Å². The van der Waals surface area contributed by atoms with E-state index in [0.717, 1.165) is 0 Å². The van der Waals surface area contributed by atoms with Crippen molar-refractivity contribution in [2.24, 2.45) is 0 Å². The summed E-state index contributed by atoms with van der Waals surface area (Å²) in [5.41, 5.74) is -0.445. The predicted octanol–water partition coefficient (Wildman–Crippen LogP) is 2.15. The molecule has 0 radical (unpaired) electrons. The third-order valence-electron chi connectivity index (χ3n) is 2.64. The zero-order valence-electron chi connectivity index (χ0n) is 11.9. The first-order valence-electron chi connectivity index (χ1n) is 6.35. The lowest BCUT2D eigenvalue weighted by atomic mass is 10.1. The number of nitro groups is 1. The second-order valence-corrected chi connectivity index (χ2v) is 7.65. The third-order valence-corrected chi connectivity index (χ3v) is 4.48. The van der Waals surface area contributed by atoms with Crippen LogP contribution in [0.25, 0.3) is 0 Å². The van der Waals surface area contributed by atoms with Crippen LogP contribution in [-0.4, -0.2) is 31.2 Å². The van der Waals surface area contributed by atoms with Crippen molar-refractivity contribution in [3.8, 4) is 0 Å². The average molecular weight is 300 g/mol. The van der Waals surface area contributed by atoms with Crippen molar-refractivity contribution in [1.82, 2.24) is 5.32 Å². The molecule has 0 saturated heterocycles. The zero-order valence-corrected chi connectivity index (χ0v) is 12.7. The fraction of sp³-hybridized carbons (Fsp3) is 0.538. The number of sulfone groups is 1. The molecule has 6 nitrogen and oxygen atoms in total. The Labute approximate surface area is 119 Å². The van der Waals surface area contributed by atoms with Gasteiger partial charge in [-0.2, -0.15) is 0 Å². The van der Waals surface area contributed by atoms with Crippen molar-refractivity contribution >= 4 is 15.5 Å². The zero-order chi connectivity index (χ0) is 15.4. The summed E-state index contributed by atoms with van der Waals surface area (Å²) in [6.07, 6.45) is 0.408. The Kier molecular flexibility index (Phi) is 5.24. The highest BCUT2D eigenvalue weighted by atomic mass is 32.2. The second kappa shape index (κ2) is 6.32. The molecule has 0 aliphatic heterocycles. The van der Waals surface area contributed by atoms with Gasteiger partial charge in [-0.15, -0.1) is 0 Å². The van der Waals surface area contributed by atoms with Crippen LogP contribution in [0.1, 0.15) is 27.2 Å². The average Bonchev–Trinajstić information content (AvgIpc) is 2.33. The highest BCUT2D eigenvalue weighted by Gasteiger charge is 2.24. The second-order valence-electron chi connectivity index (χ2n) is 5.57. The lowest BCUT2D eigenvalue weighted by Gasteiger charge is -2.20. The van der Waals surface area contributed by atoms with Gasteiger partial charge in [-0.1, -0.05) is 12.1 Å². The number of nitrogens with zero attached hydrogens (tertiary/aromatic N) is 1. The number of nitrogens with one attached hydrogen (secondary N) is 1. The van der Waals surface area contributed by atoms with Crippen LogP contribution in [0.3, 0.4) is 0 Å². The highest BCUT2D eigenvalue weighted by molar-refractivity contribution is 7.91. The molecule has 20 heavy (non-hydrogen) atoms. The van der Waals surface area contributed by atoms with E-state index >= 15 is 0 Å². The van der Waals surface area contributed by atoms with Gasteiger partial charge in [0.05, 0.1) is 10.7 Å². The first-order chi connectivity index (χ1) is 9.13. The monoisotopic (exact) mass is 300 g/mol. The Morgan fingerprint density at radius 2 is 1.85 bits per heavy atom. The SMILES string of the molecule is CC(C)(C)NCCCS(=O)(=O)c1ccccc1[N+](=O)[O-]. The van der Waals surface area contributed by atoms with Gasteiger partial charge in [-0.25, -0.2) is 8.42 Å². The topological polar surface area (TPSA) is 89.3 Å². The molecule has 112 valence electrons. The normalized spacial score (nSPS) is 12.3. The molecule has 0 heterocycles. The Morgan fingerprint density at radius 3 is 2.40 bits per heavy atom. The van der Waals surface area contributed by atoms with Crippen LogP contribution < -0.4 is 5.32 Å². The van der Waals surface area contributed by atoms with E-state index < -0.39 is 14.8 Å². The van der Waals surface area contributed by atoms with E-state index in [1.54, 1.807) is 0 Å². The maximum absolute atomic E-state index is 12.1. The molecule has 0 bridgehead atoms. The molecule has 1 aromatic carbocycles. The molecule has 0 spiro atoms. The quantitative estimate of drug-likeness (QED) is 0.494. The number of nitro benzene ring substituents is 1. The molecule has 0 fully saturated rings. The molecule has 1 aromatic rings. The summed E-state index contributed by atoms with van der Waals surface area (Å²) < 4.78 is 24.3. The smallest absolute Gasteiger partial charge is 0.287 e. The van der Waals surface area contributed by atoms with E-state index in [1.807, 2.05) is 20.8 Å². The van der Waals surface area contributed by atoms with Crippen molar-refractivity contribution in [3.05, 3.63) is 34.4 Å². The van der Waals surface area contributed by atoms with Crippen molar-refractivity contribution in [3.63, 3.8) is 0 Å². The van der Waals surface area contributed by atoms with E-state index in [2.05, 4.69) is 5.32 Å². The van der Waals surface area contributed by atoms with Gasteiger partial charge in [-0.3, -0.25) is 10.1 Å². The van der Waals surface area contributed by atoms with Gasteiger partial charge >= 0.3 is 0 Å². The van der Waals surface area contributed by atoms with E-state index in [-0.39, 0.29) is 21.9 Å². The van der Waals surface area contributed by atoms with E-state index in [0.29, 0.717) is 13.0 Å². The standard InChI is InChI=1S/C13H20N2O4S/c1-13(2,3)14-9-6-10-20(18,19)12-8-5-4-7-11(12)15(16)17/h4-5,7-8,14H,6,9-10H2,1-3H3. The molecule has 0 unspecified atom stereocenters. The van der Waals surface area contributed by atoms with Crippen molar-refractivity contribution in [2.45, 2.75) is 37.6 Å². The van der Waals surface area contributed by atoms with Crippen LogP contribution in [0, 0.1) is 10.1 Å². The van der Waals surface area contributed by atoms with E-state index in [9.17, 15) is 18.5 Å². The summed E-state index contributed by atoms with van der Waals surface area (Å²) >= 11 is 0. The van der Waals surface area contributed by atoms with Crippen LogP contribution in [0.2, 0.25) is 0 Å².